The Kier molecular flexibility index (Phi) is 7.13. The Morgan fingerprint density at radius 1 is 1.03 bits per heavy atom. The van der Waals surface area contributed by atoms with Gasteiger partial charge in [-0.15, -0.1) is 0 Å². The number of nitrogens with one attached hydrogen (secondary N) is 3. The fourth-order valence-corrected chi connectivity index (χ4v) is 3.03. The van der Waals surface area contributed by atoms with Crippen molar-refractivity contribution in [2.24, 2.45) is 0 Å². The van der Waals surface area contributed by atoms with Crippen LogP contribution in [0, 0.1) is 11.6 Å². The highest BCUT2D eigenvalue weighted by Gasteiger charge is 2.16. The summed E-state index contributed by atoms with van der Waals surface area (Å²) in [6, 6.07) is 9.47. The van der Waals surface area contributed by atoms with E-state index in [4.69, 9.17) is 4.74 Å². The predicted octanol–water partition coefficient (Wildman–Crippen LogP) is 3.84. The Hall–Kier alpha value is -3.00. The van der Waals surface area contributed by atoms with E-state index < -0.39 is 11.6 Å². The van der Waals surface area contributed by atoms with Crippen molar-refractivity contribution in [3.63, 3.8) is 0 Å². The number of anilines is 2. The van der Waals surface area contributed by atoms with Gasteiger partial charge in [0.1, 0.15) is 11.6 Å². The summed E-state index contributed by atoms with van der Waals surface area (Å²) in [5, 5.41) is 8.16. The molecule has 1 aliphatic heterocycles. The summed E-state index contributed by atoms with van der Waals surface area (Å²) < 4.78 is 32.2. The Morgan fingerprint density at radius 2 is 1.76 bits per heavy atom. The standard InChI is InChI=1S/C21H23F2N3O3/c22-15-4-9-19(23)14(12-15)3-10-20(27)25-16-5-7-17(8-6-16)26-21(28)24-13-18-2-1-11-29-18/h4-9,12,18H,1-3,10-11,13H2,(H,25,27)(H2,24,26,28). The summed E-state index contributed by atoms with van der Waals surface area (Å²) in [5.74, 6) is -1.39. The number of hydrogen-bond donors (Lipinski definition) is 3. The van der Waals surface area contributed by atoms with Gasteiger partial charge in [-0.3, -0.25) is 4.79 Å². The van der Waals surface area contributed by atoms with Crippen molar-refractivity contribution >= 4 is 23.3 Å². The lowest BCUT2D eigenvalue weighted by Crippen LogP contribution is -2.35. The number of hydrogen-bond acceptors (Lipinski definition) is 3. The summed E-state index contributed by atoms with van der Waals surface area (Å²) in [6.07, 6.45) is 2.14. The van der Waals surface area contributed by atoms with E-state index in [9.17, 15) is 18.4 Å². The number of amides is 3. The van der Waals surface area contributed by atoms with Crippen molar-refractivity contribution in [1.82, 2.24) is 5.32 Å². The quantitative estimate of drug-likeness (QED) is 0.657. The number of rotatable bonds is 7. The lowest BCUT2D eigenvalue weighted by molar-refractivity contribution is -0.116. The fourth-order valence-electron chi connectivity index (χ4n) is 3.03. The van der Waals surface area contributed by atoms with Crippen LogP contribution < -0.4 is 16.0 Å². The number of benzene rings is 2. The van der Waals surface area contributed by atoms with Crippen molar-refractivity contribution in [1.29, 1.82) is 0 Å². The number of carbonyl (C=O) groups excluding carboxylic acids is 2. The first-order valence-corrected chi connectivity index (χ1v) is 9.50. The Labute approximate surface area is 167 Å². The van der Waals surface area contributed by atoms with Crippen molar-refractivity contribution in [3.8, 4) is 0 Å². The van der Waals surface area contributed by atoms with Gasteiger partial charge in [-0.2, -0.15) is 0 Å². The van der Waals surface area contributed by atoms with Crippen LogP contribution in [0.5, 0.6) is 0 Å². The highest BCUT2D eigenvalue weighted by atomic mass is 19.1. The molecule has 3 N–H and O–H groups in total. The van der Waals surface area contributed by atoms with E-state index >= 15 is 0 Å². The first-order valence-electron chi connectivity index (χ1n) is 9.50. The minimum atomic E-state index is -0.537. The second kappa shape index (κ2) is 9.97. The summed E-state index contributed by atoms with van der Waals surface area (Å²) in [7, 11) is 0. The molecule has 1 saturated heterocycles. The molecule has 2 aromatic rings. The lowest BCUT2D eigenvalue weighted by Gasteiger charge is -2.12. The third-order valence-electron chi connectivity index (χ3n) is 4.57. The molecule has 1 heterocycles. The molecular formula is C21H23F2N3O3. The average Bonchev–Trinajstić information content (AvgIpc) is 3.22. The molecule has 3 amide bonds. The molecule has 0 spiro atoms. The van der Waals surface area contributed by atoms with Crippen LogP contribution >= 0.6 is 0 Å². The van der Waals surface area contributed by atoms with Gasteiger partial charge in [0.05, 0.1) is 6.10 Å². The number of aryl methyl sites for hydroxylation is 1. The van der Waals surface area contributed by atoms with E-state index in [0.717, 1.165) is 37.6 Å². The highest BCUT2D eigenvalue weighted by Crippen LogP contribution is 2.16. The minimum absolute atomic E-state index is 0.0199. The lowest BCUT2D eigenvalue weighted by atomic mass is 10.1. The molecule has 0 saturated carbocycles. The second-order valence-corrected chi connectivity index (χ2v) is 6.83. The Morgan fingerprint density at radius 3 is 2.45 bits per heavy atom. The smallest absolute Gasteiger partial charge is 0.319 e. The average molecular weight is 403 g/mol. The molecule has 0 aromatic heterocycles. The Bertz CT molecular complexity index is 853. The minimum Gasteiger partial charge on any atom is -0.376 e. The SMILES string of the molecule is O=C(CCc1cc(F)ccc1F)Nc1ccc(NC(=O)NCC2CCCO2)cc1. The first-order chi connectivity index (χ1) is 14.0. The zero-order valence-corrected chi connectivity index (χ0v) is 15.8. The molecule has 1 atom stereocenters. The maximum atomic E-state index is 13.6. The van der Waals surface area contributed by atoms with Gasteiger partial charge >= 0.3 is 6.03 Å². The van der Waals surface area contributed by atoms with E-state index in [1.165, 1.54) is 0 Å². The zero-order chi connectivity index (χ0) is 20.6. The van der Waals surface area contributed by atoms with Crippen LogP contribution in [-0.2, 0) is 16.0 Å². The monoisotopic (exact) mass is 403 g/mol. The van der Waals surface area contributed by atoms with Crippen molar-refractivity contribution in [3.05, 3.63) is 59.7 Å². The molecule has 3 rings (SSSR count). The van der Waals surface area contributed by atoms with E-state index in [-0.39, 0.29) is 36.4 Å². The number of urea groups is 1. The molecule has 0 radical (unpaired) electrons. The van der Waals surface area contributed by atoms with Crippen LogP contribution in [0.2, 0.25) is 0 Å². The summed E-state index contributed by atoms with van der Waals surface area (Å²) >= 11 is 0. The normalized spacial score (nSPS) is 15.7. The molecule has 2 aromatic carbocycles. The van der Waals surface area contributed by atoms with Gasteiger partial charge in [-0.05, 0) is 67.3 Å². The van der Waals surface area contributed by atoms with Crippen molar-refractivity contribution in [2.75, 3.05) is 23.8 Å². The van der Waals surface area contributed by atoms with E-state index in [1.54, 1.807) is 24.3 Å². The van der Waals surface area contributed by atoms with E-state index in [0.29, 0.717) is 17.9 Å². The van der Waals surface area contributed by atoms with Crippen molar-refractivity contribution in [2.45, 2.75) is 31.8 Å². The second-order valence-electron chi connectivity index (χ2n) is 6.83. The highest BCUT2D eigenvalue weighted by molar-refractivity contribution is 5.92. The number of ether oxygens (including phenoxy) is 1. The van der Waals surface area contributed by atoms with Gasteiger partial charge in [0, 0.05) is 30.9 Å². The third kappa shape index (κ3) is 6.53. The Balaban J connectivity index is 1.42. The summed E-state index contributed by atoms with van der Waals surface area (Å²) in [6.45, 7) is 1.20. The third-order valence-corrected chi connectivity index (χ3v) is 4.57. The summed E-state index contributed by atoms with van der Waals surface area (Å²) in [5.41, 5.74) is 1.28. The topological polar surface area (TPSA) is 79.5 Å². The van der Waals surface area contributed by atoms with Gasteiger partial charge in [-0.1, -0.05) is 0 Å². The maximum absolute atomic E-state index is 13.6. The van der Waals surface area contributed by atoms with Crippen LogP contribution in [0.15, 0.2) is 42.5 Å². The zero-order valence-electron chi connectivity index (χ0n) is 15.8. The van der Waals surface area contributed by atoms with Gasteiger partial charge in [0.2, 0.25) is 5.91 Å². The molecule has 1 fully saturated rings. The van der Waals surface area contributed by atoms with Gasteiger partial charge in [0.25, 0.3) is 0 Å². The van der Waals surface area contributed by atoms with E-state index in [2.05, 4.69) is 16.0 Å². The van der Waals surface area contributed by atoms with Gasteiger partial charge in [0.15, 0.2) is 0 Å². The van der Waals surface area contributed by atoms with Crippen LogP contribution in [0.3, 0.4) is 0 Å². The predicted molar refractivity (Wildman–Crippen MR) is 106 cm³/mol. The molecular weight excluding hydrogens is 380 g/mol. The van der Waals surface area contributed by atoms with Crippen LogP contribution in [-0.4, -0.2) is 31.2 Å². The number of halogens is 2. The molecule has 154 valence electrons. The van der Waals surface area contributed by atoms with E-state index in [1.807, 2.05) is 0 Å². The van der Waals surface area contributed by atoms with Crippen LogP contribution in [0.4, 0.5) is 25.0 Å². The van der Waals surface area contributed by atoms with Gasteiger partial charge < -0.3 is 20.7 Å². The largest absolute Gasteiger partial charge is 0.376 e. The molecule has 6 nitrogen and oxygen atoms in total. The molecule has 1 aliphatic rings. The molecule has 29 heavy (non-hydrogen) atoms. The first kappa shape index (κ1) is 20.7. The molecule has 0 aliphatic carbocycles. The molecule has 1 unspecified atom stereocenters. The molecule has 8 heteroatoms. The molecule has 0 bridgehead atoms. The maximum Gasteiger partial charge on any atom is 0.319 e. The fraction of sp³-hybridized carbons (Fsp3) is 0.333. The van der Waals surface area contributed by atoms with Crippen LogP contribution in [0.25, 0.3) is 0 Å². The van der Waals surface area contributed by atoms with Crippen LogP contribution in [0.1, 0.15) is 24.8 Å². The number of carbonyl (C=O) groups is 2. The van der Waals surface area contributed by atoms with Crippen molar-refractivity contribution < 1.29 is 23.1 Å². The van der Waals surface area contributed by atoms with Gasteiger partial charge in [-0.25, -0.2) is 13.6 Å². The summed E-state index contributed by atoms with van der Waals surface area (Å²) in [4.78, 5) is 23.9.